The van der Waals surface area contributed by atoms with Gasteiger partial charge >= 0.3 is 0 Å². The van der Waals surface area contributed by atoms with Crippen LogP contribution in [0.15, 0.2) is 24.3 Å². The first-order valence-electron chi connectivity index (χ1n) is 4.95. The molecule has 1 N–H and O–H groups in total. The quantitative estimate of drug-likeness (QED) is 0.775. The molecule has 0 unspecified atom stereocenters. The van der Waals surface area contributed by atoms with Crippen LogP contribution in [0.25, 0.3) is 0 Å². The van der Waals surface area contributed by atoms with Gasteiger partial charge in [0.05, 0.1) is 11.4 Å². The molecule has 14 heavy (non-hydrogen) atoms. The van der Waals surface area contributed by atoms with Gasteiger partial charge in [0.2, 0.25) is 0 Å². The van der Waals surface area contributed by atoms with Gasteiger partial charge < -0.3 is 10.2 Å². The zero-order chi connectivity index (χ0) is 10.8. The summed E-state index contributed by atoms with van der Waals surface area (Å²) in [6.07, 6.45) is 0. The molecule has 0 saturated heterocycles. The molecular weight excluding hydrogens is 172 g/mol. The van der Waals surface area contributed by atoms with Crippen LogP contribution in [0.3, 0.4) is 0 Å². The number of hydrogen-bond donors (Lipinski definition) is 1. The number of para-hydroxylation sites is 2. The third-order valence-electron chi connectivity index (χ3n) is 1.90. The Morgan fingerprint density at radius 2 is 1.64 bits per heavy atom. The van der Waals surface area contributed by atoms with Crippen molar-refractivity contribution in [1.29, 1.82) is 0 Å². The van der Waals surface area contributed by atoms with Crippen LogP contribution in [0.4, 0.5) is 11.4 Å². The number of benzene rings is 1. The van der Waals surface area contributed by atoms with Gasteiger partial charge in [0.15, 0.2) is 0 Å². The second kappa shape index (κ2) is 3.91. The third kappa shape index (κ3) is 2.95. The summed E-state index contributed by atoms with van der Waals surface area (Å²) in [5.41, 5.74) is 2.51. The van der Waals surface area contributed by atoms with Crippen LogP contribution < -0.4 is 10.2 Å². The molecule has 0 amide bonds. The molecule has 78 valence electrons. The van der Waals surface area contributed by atoms with Crippen molar-refractivity contribution >= 4 is 11.4 Å². The Bertz CT molecular complexity index is 297. The minimum Gasteiger partial charge on any atom is -0.379 e. The van der Waals surface area contributed by atoms with Crippen molar-refractivity contribution < 1.29 is 0 Å². The van der Waals surface area contributed by atoms with Crippen molar-refractivity contribution in [2.24, 2.45) is 0 Å². The molecule has 0 spiro atoms. The maximum absolute atomic E-state index is 3.49. The Balaban J connectivity index is 2.96. The van der Waals surface area contributed by atoms with Gasteiger partial charge in [-0.3, -0.25) is 0 Å². The van der Waals surface area contributed by atoms with Gasteiger partial charge in [0, 0.05) is 19.6 Å². The Morgan fingerprint density at radius 3 is 2.14 bits per heavy atom. The highest BCUT2D eigenvalue weighted by atomic mass is 15.1. The van der Waals surface area contributed by atoms with E-state index in [0.717, 1.165) is 0 Å². The van der Waals surface area contributed by atoms with Gasteiger partial charge in [0.1, 0.15) is 0 Å². The number of anilines is 2. The van der Waals surface area contributed by atoms with E-state index in [1.165, 1.54) is 11.4 Å². The van der Waals surface area contributed by atoms with Crippen molar-refractivity contribution in [3.63, 3.8) is 0 Å². The lowest BCUT2D eigenvalue weighted by atomic mass is 10.1. The predicted molar refractivity (Wildman–Crippen MR) is 64.1 cm³/mol. The molecule has 0 saturated carbocycles. The summed E-state index contributed by atoms with van der Waals surface area (Å²) in [6.45, 7) is 6.50. The largest absolute Gasteiger partial charge is 0.379 e. The first-order valence-corrected chi connectivity index (χ1v) is 4.95. The predicted octanol–water partition coefficient (Wildman–Crippen LogP) is 2.96. The van der Waals surface area contributed by atoms with E-state index in [4.69, 9.17) is 0 Å². The van der Waals surface area contributed by atoms with Crippen LogP contribution >= 0.6 is 0 Å². The summed E-state index contributed by atoms with van der Waals surface area (Å²) in [5, 5.41) is 3.49. The zero-order valence-electron chi connectivity index (χ0n) is 9.76. The molecule has 2 heteroatoms. The van der Waals surface area contributed by atoms with Gasteiger partial charge in [-0.15, -0.1) is 0 Å². The summed E-state index contributed by atoms with van der Waals surface area (Å²) >= 11 is 0. The standard InChI is InChI=1S/C12H20N2/c1-12(2,3)13-10-8-6-7-9-11(10)14(4)5/h6-9,13H,1-5H3. The minimum absolute atomic E-state index is 0.103. The van der Waals surface area contributed by atoms with Crippen LogP contribution in [0.1, 0.15) is 20.8 Å². The lowest BCUT2D eigenvalue weighted by molar-refractivity contribution is 0.634. The highest BCUT2D eigenvalue weighted by Gasteiger charge is 2.12. The van der Waals surface area contributed by atoms with E-state index >= 15 is 0 Å². The molecule has 0 aliphatic rings. The maximum Gasteiger partial charge on any atom is 0.0596 e. The van der Waals surface area contributed by atoms with E-state index < -0.39 is 0 Å². The molecule has 1 rings (SSSR count). The maximum atomic E-state index is 3.49. The highest BCUT2D eigenvalue weighted by Crippen LogP contribution is 2.26. The van der Waals surface area contributed by atoms with Gasteiger partial charge in [-0.25, -0.2) is 0 Å². The zero-order valence-corrected chi connectivity index (χ0v) is 9.76. The van der Waals surface area contributed by atoms with Crippen molar-refractivity contribution in [1.82, 2.24) is 0 Å². The van der Waals surface area contributed by atoms with E-state index in [2.05, 4.69) is 69.3 Å². The Hall–Kier alpha value is -1.18. The molecule has 0 bridgehead atoms. The number of nitrogens with zero attached hydrogens (tertiary/aromatic N) is 1. The highest BCUT2D eigenvalue weighted by molar-refractivity contribution is 5.70. The van der Waals surface area contributed by atoms with Gasteiger partial charge in [0.25, 0.3) is 0 Å². The number of nitrogens with one attached hydrogen (secondary N) is 1. The average Bonchev–Trinajstić information content (AvgIpc) is 2.01. The molecule has 1 aromatic carbocycles. The molecular formula is C12H20N2. The molecule has 0 aliphatic carbocycles. The Labute approximate surface area is 86.9 Å². The van der Waals surface area contributed by atoms with Crippen LogP contribution in [0.2, 0.25) is 0 Å². The van der Waals surface area contributed by atoms with Gasteiger partial charge in [-0.1, -0.05) is 12.1 Å². The van der Waals surface area contributed by atoms with E-state index in [1.807, 2.05) is 0 Å². The molecule has 0 aliphatic heterocycles. The Morgan fingerprint density at radius 1 is 1.07 bits per heavy atom. The Kier molecular flexibility index (Phi) is 3.04. The molecule has 0 radical (unpaired) electrons. The van der Waals surface area contributed by atoms with E-state index in [-0.39, 0.29) is 5.54 Å². The SMILES string of the molecule is CN(C)c1ccccc1NC(C)(C)C. The van der Waals surface area contributed by atoms with E-state index in [1.54, 1.807) is 0 Å². The summed E-state index contributed by atoms with van der Waals surface area (Å²) in [5.74, 6) is 0. The van der Waals surface area contributed by atoms with Crippen LogP contribution in [-0.2, 0) is 0 Å². The smallest absolute Gasteiger partial charge is 0.0596 e. The van der Waals surface area contributed by atoms with Gasteiger partial charge in [-0.2, -0.15) is 0 Å². The average molecular weight is 192 g/mol. The first-order chi connectivity index (χ1) is 6.40. The second-order valence-corrected chi connectivity index (χ2v) is 4.79. The third-order valence-corrected chi connectivity index (χ3v) is 1.90. The van der Waals surface area contributed by atoms with E-state index in [9.17, 15) is 0 Å². The first kappa shape index (κ1) is 10.9. The molecule has 1 aromatic rings. The lowest BCUT2D eigenvalue weighted by Gasteiger charge is -2.26. The van der Waals surface area contributed by atoms with Crippen LogP contribution in [0.5, 0.6) is 0 Å². The molecule has 0 heterocycles. The molecule has 0 atom stereocenters. The molecule has 2 nitrogen and oxygen atoms in total. The summed E-state index contributed by atoms with van der Waals surface area (Å²) in [4.78, 5) is 2.12. The second-order valence-electron chi connectivity index (χ2n) is 4.79. The topological polar surface area (TPSA) is 15.3 Å². The fourth-order valence-electron chi connectivity index (χ4n) is 1.37. The summed E-state index contributed by atoms with van der Waals surface area (Å²) in [7, 11) is 4.12. The van der Waals surface area contributed by atoms with Crippen molar-refractivity contribution in [2.45, 2.75) is 26.3 Å². The molecule has 0 aromatic heterocycles. The monoisotopic (exact) mass is 192 g/mol. The molecule has 0 fully saturated rings. The minimum atomic E-state index is 0.103. The fraction of sp³-hybridized carbons (Fsp3) is 0.500. The summed E-state index contributed by atoms with van der Waals surface area (Å²) < 4.78 is 0. The lowest BCUT2D eigenvalue weighted by Crippen LogP contribution is -2.27. The van der Waals surface area contributed by atoms with Crippen molar-refractivity contribution in [3.05, 3.63) is 24.3 Å². The van der Waals surface area contributed by atoms with Crippen molar-refractivity contribution in [3.8, 4) is 0 Å². The number of rotatable bonds is 2. The van der Waals surface area contributed by atoms with Crippen LogP contribution in [-0.4, -0.2) is 19.6 Å². The van der Waals surface area contributed by atoms with Crippen molar-refractivity contribution in [2.75, 3.05) is 24.3 Å². The van der Waals surface area contributed by atoms with Crippen LogP contribution in [0, 0.1) is 0 Å². The summed E-state index contributed by atoms with van der Waals surface area (Å²) in [6, 6.07) is 8.35. The fourth-order valence-corrected chi connectivity index (χ4v) is 1.37. The normalized spacial score (nSPS) is 11.2. The number of hydrogen-bond acceptors (Lipinski definition) is 2. The van der Waals surface area contributed by atoms with E-state index in [0.29, 0.717) is 0 Å². The van der Waals surface area contributed by atoms with Gasteiger partial charge in [-0.05, 0) is 32.9 Å².